The molecular formula is C18H17N3OS. The van der Waals surface area contributed by atoms with Crippen molar-refractivity contribution in [2.75, 3.05) is 0 Å². The van der Waals surface area contributed by atoms with Crippen molar-refractivity contribution in [2.45, 2.75) is 19.9 Å². The van der Waals surface area contributed by atoms with Crippen LogP contribution >= 0.6 is 11.3 Å². The zero-order chi connectivity index (χ0) is 16.2. The first-order chi connectivity index (χ1) is 11.1. The van der Waals surface area contributed by atoms with Gasteiger partial charge in [-0.05, 0) is 31.5 Å². The number of amides is 1. The second-order valence-electron chi connectivity index (χ2n) is 5.25. The molecule has 0 aliphatic carbocycles. The third-order valence-electron chi connectivity index (χ3n) is 3.53. The molecule has 0 fully saturated rings. The highest BCUT2D eigenvalue weighted by Crippen LogP contribution is 2.26. The number of nitrogens with zero attached hydrogens (tertiary/aromatic N) is 2. The normalized spacial score (nSPS) is 11.9. The van der Waals surface area contributed by atoms with Crippen molar-refractivity contribution in [1.29, 1.82) is 0 Å². The predicted octanol–water partition coefficient (Wildman–Crippen LogP) is 4.00. The molecule has 2 aromatic heterocycles. The van der Waals surface area contributed by atoms with Crippen molar-refractivity contribution in [2.24, 2.45) is 0 Å². The van der Waals surface area contributed by atoms with Gasteiger partial charge in [0, 0.05) is 6.20 Å². The van der Waals surface area contributed by atoms with Gasteiger partial charge in [0.25, 0.3) is 5.91 Å². The molecule has 3 rings (SSSR count). The topological polar surface area (TPSA) is 54.9 Å². The number of nitrogens with one attached hydrogen (secondary N) is 1. The van der Waals surface area contributed by atoms with E-state index < -0.39 is 0 Å². The van der Waals surface area contributed by atoms with Crippen molar-refractivity contribution < 1.29 is 4.79 Å². The number of benzene rings is 1. The molecule has 0 radical (unpaired) electrons. The molecule has 0 bridgehead atoms. The number of carbonyl (C=O) groups excluding carboxylic acids is 1. The number of carbonyl (C=O) groups is 1. The highest BCUT2D eigenvalue weighted by Gasteiger charge is 2.18. The minimum absolute atomic E-state index is 0.0523. The summed E-state index contributed by atoms with van der Waals surface area (Å²) in [6.07, 6.45) is 1.73. The molecular weight excluding hydrogens is 306 g/mol. The van der Waals surface area contributed by atoms with Crippen LogP contribution in [0.1, 0.15) is 33.9 Å². The summed E-state index contributed by atoms with van der Waals surface area (Å²) in [5.41, 5.74) is 2.59. The minimum atomic E-state index is -0.0986. The summed E-state index contributed by atoms with van der Waals surface area (Å²) in [7, 11) is 0. The quantitative estimate of drug-likeness (QED) is 0.789. The number of hydrogen-bond acceptors (Lipinski definition) is 4. The van der Waals surface area contributed by atoms with Gasteiger partial charge in [-0.25, -0.2) is 4.98 Å². The zero-order valence-corrected chi connectivity index (χ0v) is 13.8. The number of aryl methyl sites for hydroxylation is 1. The van der Waals surface area contributed by atoms with Crippen LogP contribution in [-0.4, -0.2) is 15.9 Å². The zero-order valence-electron chi connectivity index (χ0n) is 13.0. The van der Waals surface area contributed by atoms with Gasteiger partial charge >= 0.3 is 0 Å². The number of thiazole rings is 1. The first kappa shape index (κ1) is 15.4. The summed E-state index contributed by atoms with van der Waals surface area (Å²) in [6, 6.07) is 15.5. The lowest BCUT2D eigenvalue weighted by Gasteiger charge is -2.13. The second kappa shape index (κ2) is 6.71. The molecule has 4 nitrogen and oxygen atoms in total. The van der Waals surface area contributed by atoms with Crippen molar-refractivity contribution in [3.63, 3.8) is 0 Å². The maximum atomic E-state index is 12.5. The molecule has 1 amide bonds. The Hall–Kier alpha value is -2.53. The number of rotatable bonds is 4. The van der Waals surface area contributed by atoms with Crippen molar-refractivity contribution in [3.05, 3.63) is 70.9 Å². The SMILES string of the molecule is Cc1nc(-c2ccccn2)sc1C(=O)N[C@@H](C)c1ccccc1. The van der Waals surface area contributed by atoms with Gasteiger partial charge in [-0.2, -0.15) is 0 Å². The van der Waals surface area contributed by atoms with Gasteiger partial charge in [0.05, 0.1) is 17.4 Å². The van der Waals surface area contributed by atoms with E-state index in [9.17, 15) is 4.79 Å². The van der Waals surface area contributed by atoms with E-state index in [2.05, 4.69) is 15.3 Å². The molecule has 116 valence electrons. The average molecular weight is 323 g/mol. The van der Waals surface area contributed by atoms with Gasteiger partial charge in [-0.3, -0.25) is 9.78 Å². The first-order valence-corrected chi connectivity index (χ1v) is 8.21. The summed E-state index contributed by atoms with van der Waals surface area (Å²) in [5, 5.41) is 3.79. The Morgan fingerprint density at radius 2 is 1.87 bits per heavy atom. The molecule has 1 N–H and O–H groups in total. The fraction of sp³-hybridized carbons (Fsp3) is 0.167. The van der Waals surface area contributed by atoms with E-state index in [-0.39, 0.29) is 11.9 Å². The van der Waals surface area contributed by atoms with Gasteiger partial charge < -0.3 is 5.32 Å². The maximum absolute atomic E-state index is 12.5. The Kier molecular flexibility index (Phi) is 4.48. The predicted molar refractivity (Wildman–Crippen MR) is 92.4 cm³/mol. The van der Waals surface area contributed by atoms with Gasteiger partial charge in [0.1, 0.15) is 9.88 Å². The van der Waals surface area contributed by atoms with Crippen LogP contribution in [-0.2, 0) is 0 Å². The van der Waals surface area contributed by atoms with Crippen LogP contribution in [0.4, 0.5) is 0 Å². The van der Waals surface area contributed by atoms with Crippen LogP contribution in [0.5, 0.6) is 0 Å². The summed E-state index contributed by atoms with van der Waals surface area (Å²) in [6.45, 7) is 3.83. The van der Waals surface area contributed by atoms with Crippen LogP contribution in [0.25, 0.3) is 10.7 Å². The Morgan fingerprint density at radius 1 is 1.13 bits per heavy atom. The molecule has 2 heterocycles. The third-order valence-corrected chi connectivity index (χ3v) is 4.71. The molecule has 5 heteroatoms. The molecule has 23 heavy (non-hydrogen) atoms. The largest absolute Gasteiger partial charge is 0.345 e. The second-order valence-corrected chi connectivity index (χ2v) is 6.25. The van der Waals surface area contributed by atoms with E-state index in [4.69, 9.17) is 0 Å². The Bertz CT molecular complexity index is 800. The monoisotopic (exact) mass is 323 g/mol. The lowest BCUT2D eigenvalue weighted by atomic mass is 10.1. The molecule has 0 saturated carbocycles. The van der Waals surface area contributed by atoms with E-state index in [1.165, 1.54) is 11.3 Å². The lowest BCUT2D eigenvalue weighted by Crippen LogP contribution is -2.26. The summed E-state index contributed by atoms with van der Waals surface area (Å²) < 4.78 is 0. The molecule has 0 unspecified atom stereocenters. The Labute approximate surface area is 139 Å². The molecule has 0 spiro atoms. The Balaban J connectivity index is 1.79. The van der Waals surface area contributed by atoms with E-state index in [1.54, 1.807) is 6.20 Å². The molecule has 1 atom stereocenters. The molecule has 0 aliphatic rings. The average Bonchev–Trinajstić information content (AvgIpc) is 2.98. The van der Waals surface area contributed by atoms with Gasteiger partial charge in [0.2, 0.25) is 0 Å². The molecule has 0 saturated heterocycles. The van der Waals surface area contributed by atoms with Crippen LogP contribution in [0.3, 0.4) is 0 Å². The van der Waals surface area contributed by atoms with Gasteiger partial charge in [-0.15, -0.1) is 11.3 Å². The lowest BCUT2D eigenvalue weighted by molar-refractivity contribution is 0.0943. The standard InChI is InChI=1S/C18H17N3OS/c1-12(14-8-4-3-5-9-14)20-17(22)16-13(2)21-18(23-16)15-10-6-7-11-19-15/h3-12H,1-2H3,(H,20,22)/t12-/m0/s1. The van der Waals surface area contributed by atoms with E-state index >= 15 is 0 Å². The first-order valence-electron chi connectivity index (χ1n) is 7.40. The van der Waals surface area contributed by atoms with Crippen LogP contribution in [0.15, 0.2) is 54.7 Å². The highest BCUT2D eigenvalue weighted by atomic mass is 32.1. The number of aromatic nitrogens is 2. The van der Waals surface area contributed by atoms with Crippen molar-refractivity contribution in [3.8, 4) is 10.7 Å². The van der Waals surface area contributed by atoms with E-state index in [0.717, 1.165) is 22.0 Å². The molecule has 3 aromatic rings. The summed E-state index contributed by atoms with van der Waals surface area (Å²) in [4.78, 5) is 21.9. The summed E-state index contributed by atoms with van der Waals surface area (Å²) in [5.74, 6) is -0.0986. The molecule has 0 aliphatic heterocycles. The van der Waals surface area contributed by atoms with Crippen LogP contribution in [0, 0.1) is 6.92 Å². The number of pyridine rings is 1. The van der Waals surface area contributed by atoms with Gasteiger partial charge in [-0.1, -0.05) is 36.4 Å². The fourth-order valence-electron chi connectivity index (χ4n) is 2.29. The number of hydrogen-bond donors (Lipinski definition) is 1. The van der Waals surface area contributed by atoms with E-state index in [0.29, 0.717) is 4.88 Å². The van der Waals surface area contributed by atoms with Crippen molar-refractivity contribution >= 4 is 17.2 Å². The van der Waals surface area contributed by atoms with Crippen molar-refractivity contribution in [1.82, 2.24) is 15.3 Å². The van der Waals surface area contributed by atoms with Crippen LogP contribution in [0.2, 0.25) is 0 Å². The van der Waals surface area contributed by atoms with E-state index in [1.807, 2.05) is 62.4 Å². The third kappa shape index (κ3) is 3.46. The van der Waals surface area contributed by atoms with Crippen LogP contribution < -0.4 is 5.32 Å². The highest BCUT2D eigenvalue weighted by molar-refractivity contribution is 7.17. The molecule has 1 aromatic carbocycles. The summed E-state index contributed by atoms with van der Waals surface area (Å²) >= 11 is 1.37. The minimum Gasteiger partial charge on any atom is -0.345 e. The fourth-order valence-corrected chi connectivity index (χ4v) is 3.24. The smallest absolute Gasteiger partial charge is 0.263 e. The Morgan fingerprint density at radius 3 is 2.57 bits per heavy atom. The maximum Gasteiger partial charge on any atom is 0.263 e. The van der Waals surface area contributed by atoms with Gasteiger partial charge in [0.15, 0.2) is 0 Å².